The first-order chi connectivity index (χ1) is 15.3. The van der Waals surface area contributed by atoms with Gasteiger partial charge in [-0.3, -0.25) is 24.8 Å². The van der Waals surface area contributed by atoms with Crippen LogP contribution in [-0.2, 0) is 19.1 Å². The van der Waals surface area contributed by atoms with Gasteiger partial charge in [0.25, 0.3) is 5.91 Å². The fourth-order valence-electron chi connectivity index (χ4n) is 3.49. The smallest absolute Gasteiger partial charge is 0.251 e. The van der Waals surface area contributed by atoms with Crippen LogP contribution in [0.5, 0.6) is 0 Å². The van der Waals surface area contributed by atoms with Gasteiger partial charge in [0.1, 0.15) is 22.2 Å². The summed E-state index contributed by atoms with van der Waals surface area (Å²) >= 11 is 3.26. The van der Waals surface area contributed by atoms with Crippen LogP contribution in [0.4, 0.5) is 11.5 Å². The van der Waals surface area contributed by atoms with E-state index in [1.807, 2.05) is 0 Å². The Hall–Kier alpha value is -3.18. The molecule has 0 aliphatic carbocycles. The van der Waals surface area contributed by atoms with Crippen molar-refractivity contribution in [3.63, 3.8) is 0 Å². The summed E-state index contributed by atoms with van der Waals surface area (Å²) in [6.45, 7) is 1.52. The number of ether oxygens (including phenoxy) is 1. The van der Waals surface area contributed by atoms with Crippen molar-refractivity contribution in [2.24, 2.45) is 0 Å². The summed E-state index contributed by atoms with van der Waals surface area (Å²) in [6, 6.07) is 5.85. The van der Waals surface area contributed by atoms with Gasteiger partial charge in [-0.15, -0.1) is 0 Å². The monoisotopic (exact) mass is 502 g/mol. The Kier molecular flexibility index (Phi) is 7.65. The van der Waals surface area contributed by atoms with Gasteiger partial charge in [0.15, 0.2) is 5.78 Å². The third-order valence-electron chi connectivity index (χ3n) is 5.07. The SMILES string of the molecule is CO[C@@H]1CCN(C(=O)CNc2cnccc2C(=N)C(C)=O)[C@@H]1C(=O)Nc1cccc(Br)n1. The fraction of sp³-hybridized carbons (Fsp3) is 0.333. The second kappa shape index (κ2) is 10.4. The van der Waals surface area contributed by atoms with Gasteiger partial charge in [0.2, 0.25) is 5.91 Å². The maximum atomic E-state index is 13.0. The number of carbonyl (C=O) groups excluding carboxylic acids is 3. The molecule has 168 valence electrons. The van der Waals surface area contributed by atoms with Crippen LogP contribution >= 0.6 is 15.9 Å². The molecule has 3 heterocycles. The summed E-state index contributed by atoms with van der Waals surface area (Å²) < 4.78 is 6.02. The zero-order valence-electron chi connectivity index (χ0n) is 17.6. The number of nitrogens with zero attached hydrogens (tertiary/aromatic N) is 3. The molecule has 32 heavy (non-hydrogen) atoms. The number of halogens is 1. The molecule has 2 aromatic rings. The van der Waals surface area contributed by atoms with E-state index < -0.39 is 23.8 Å². The van der Waals surface area contributed by atoms with Crippen LogP contribution in [0.25, 0.3) is 0 Å². The molecule has 0 unspecified atom stereocenters. The number of anilines is 2. The van der Waals surface area contributed by atoms with Gasteiger partial charge in [-0.2, -0.15) is 0 Å². The lowest BCUT2D eigenvalue weighted by atomic mass is 10.1. The number of pyridine rings is 2. The molecule has 3 rings (SSSR count). The molecule has 1 saturated heterocycles. The molecule has 0 saturated carbocycles. The van der Waals surface area contributed by atoms with E-state index in [2.05, 4.69) is 36.5 Å². The molecule has 1 fully saturated rings. The Bertz CT molecular complexity index is 1050. The van der Waals surface area contributed by atoms with Crippen molar-refractivity contribution >= 4 is 50.7 Å². The Balaban J connectivity index is 1.72. The van der Waals surface area contributed by atoms with Gasteiger partial charge in [-0.25, -0.2) is 4.98 Å². The van der Waals surface area contributed by atoms with E-state index in [4.69, 9.17) is 10.1 Å². The van der Waals surface area contributed by atoms with Crippen LogP contribution in [0, 0.1) is 5.41 Å². The van der Waals surface area contributed by atoms with Crippen molar-refractivity contribution in [3.8, 4) is 0 Å². The first-order valence-electron chi connectivity index (χ1n) is 9.85. The minimum absolute atomic E-state index is 0.140. The van der Waals surface area contributed by atoms with Crippen LogP contribution in [-0.4, -0.2) is 70.5 Å². The normalized spacial score (nSPS) is 17.7. The molecule has 11 heteroatoms. The second-order valence-corrected chi connectivity index (χ2v) is 7.95. The molecule has 0 radical (unpaired) electrons. The predicted molar refractivity (Wildman–Crippen MR) is 122 cm³/mol. The highest BCUT2D eigenvalue weighted by Crippen LogP contribution is 2.23. The van der Waals surface area contributed by atoms with Crippen LogP contribution in [0.1, 0.15) is 18.9 Å². The van der Waals surface area contributed by atoms with Crippen molar-refractivity contribution in [2.45, 2.75) is 25.5 Å². The summed E-state index contributed by atoms with van der Waals surface area (Å²) in [6.07, 6.45) is 2.98. The average molecular weight is 503 g/mol. The summed E-state index contributed by atoms with van der Waals surface area (Å²) in [7, 11) is 1.50. The molecule has 1 aliphatic heterocycles. The number of Topliss-reactive ketones (excluding diaryl/α,β-unsaturated/α-hetero) is 1. The Morgan fingerprint density at radius 2 is 2.09 bits per heavy atom. The summed E-state index contributed by atoms with van der Waals surface area (Å²) in [5.74, 6) is -0.755. The zero-order valence-corrected chi connectivity index (χ0v) is 19.2. The minimum Gasteiger partial charge on any atom is -0.379 e. The standard InChI is InChI=1S/C21H23BrN6O4/c1-12(29)19(23)13-6-8-24-10-14(13)25-11-18(30)28-9-7-15(32-2)20(28)21(31)27-17-5-3-4-16(22)26-17/h3-6,8,10,15,20,23,25H,7,9,11H2,1-2H3,(H,26,27,31)/t15-,20+/m1/s1. The molecular formula is C21H23BrN6O4. The van der Waals surface area contributed by atoms with Crippen molar-refractivity contribution in [1.82, 2.24) is 14.9 Å². The van der Waals surface area contributed by atoms with E-state index in [-0.39, 0.29) is 18.2 Å². The molecule has 0 bridgehead atoms. The van der Waals surface area contributed by atoms with Gasteiger partial charge < -0.3 is 20.3 Å². The molecule has 10 nitrogen and oxygen atoms in total. The van der Waals surface area contributed by atoms with E-state index in [0.717, 1.165) is 0 Å². The van der Waals surface area contributed by atoms with E-state index in [9.17, 15) is 14.4 Å². The number of likely N-dealkylation sites (tertiary alicyclic amines) is 1. The molecule has 3 N–H and O–H groups in total. The molecular weight excluding hydrogens is 480 g/mol. The topological polar surface area (TPSA) is 137 Å². The summed E-state index contributed by atoms with van der Waals surface area (Å²) in [4.78, 5) is 47.2. The maximum absolute atomic E-state index is 13.0. The Morgan fingerprint density at radius 3 is 2.78 bits per heavy atom. The minimum atomic E-state index is -0.820. The number of carbonyl (C=O) groups is 3. The first-order valence-corrected chi connectivity index (χ1v) is 10.6. The lowest BCUT2D eigenvalue weighted by Gasteiger charge is -2.27. The van der Waals surface area contributed by atoms with E-state index in [1.165, 1.54) is 37.4 Å². The van der Waals surface area contributed by atoms with Crippen LogP contribution in [0.3, 0.4) is 0 Å². The van der Waals surface area contributed by atoms with Gasteiger partial charge >= 0.3 is 0 Å². The van der Waals surface area contributed by atoms with E-state index in [1.54, 1.807) is 18.2 Å². The van der Waals surface area contributed by atoms with Crippen LogP contribution in [0.2, 0.25) is 0 Å². The first kappa shape index (κ1) is 23.5. The summed E-state index contributed by atoms with van der Waals surface area (Å²) in [5.41, 5.74) is 0.566. The lowest BCUT2D eigenvalue weighted by Crippen LogP contribution is -2.49. The van der Waals surface area contributed by atoms with Crippen molar-refractivity contribution < 1.29 is 19.1 Å². The van der Waals surface area contributed by atoms with Gasteiger partial charge in [0.05, 0.1) is 24.5 Å². The lowest BCUT2D eigenvalue weighted by molar-refractivity contribution is -0.137. The molecule has 0 aromatic carbocycles. The highest BCUT2D eigenvalue weighted by atomic mass is 79.9. The van der Waals surface area contributed by atoms with Crippen molar-refractivity contribution in [2.75, 3.05) is 30.8 Å². The maximum Gasteiger partial charge on any atom is 0.251 e. The quantitative estimate of drug-likeness (QED) is 0.369. The average Bonchev–Trinajstić information content (AvgIpc) is 3.21. The number of rotatable bonds is 8. The van der Waals surface area contributed by atoms with Crippen LogP contribution < -0.4 is 10.6 Å². The predicted octanol–water partition coefficient (Wildman–Crippen LogP) is 1.86. The van der Waals surface area contributed by atoms with E-state index >= 15 is 0 Å². The van der Waals surface area contributed by atoms with E-state index in [0.29, 0.717) is 34.6 Å². The molecule has 2 atom stereocenters. The Labute approximate surface area is 193 Å². The number of ketones is 1. The fourth-order valence-corrected chi connectivity index (χ4v) is 3.84. The van der Waals surface area contributed by atoms with Crippen molar-refractivity contribution in [1.29, 1.82) is 5.41 Å². The summed E-state index contributed by atoms with van der Waals surface area (Å²) in [5, 5.41) is 13.6. The molecule has 2 aromatic heterocycles. The number of hydrogen-bond donors (Lipinski definition) is 3. The second-order valence-electron chi connectivity index (χ2n) is 7.14. The largest absolute Gasteiger partial charge is 0.379 e. The molecule has 0 spiro atoms. The number of amides is 2. The number of methoxy groups -OCH3 is 1. The van der Waals surface area contributed by atoms with Gasteiger partial charge in [-0.1, -0.05) is 6.07 Å². The molecule has 1 aliphatic rings. The zero-order chi connectivity index (χ0) is 23.3. The number of hydrogen-bond acceptors (Lipinski definition) is 8. The highest BCUT2D eigenvalue weighted by molar-refractivity contribution is 9.10. The highest BCUT2D eigenvalue weighted by Gasteiger charge is 2.42. The Morgan fingerprint density at radius 1 is 1.31 bits per heavy atom. The third kappa shape index (κ3) is 5.35. The van der Waals surface area contributed by atoms with Crippen molar-refractivity contribution in [3.05, 3.63) is 46.8 Å². The number of aromatic nitrogens is 2. The van der Waals surface area contributed by atoms with Crippen LogP contribution in [0.15, 0.2) is 41.3 Å². The third-order valence-corrected chi connectivity index (χ3v) is 5.51. The van der Waals surface area contributed by atoms with Gasteiger partial charge in [0, 0.05) is 32.3 Å². The number of nitrogens with one attached hydrogen (secondary N) is 3. The van der Waals surface area contributed by atoms with Gasteiger partial charge in [-0.05, 0) is 40.5 Å². The molecule has 2 amide bonds.